The molecule has 0 radical (unpaired) electrons. The van der Waals surface area contributed by atoms with Crippen LogP contribution in [0, 0.1) is 20.8 Å². The van der Waals surface area contributed by atoms with Crippen molar-refractivity contribution in [2.45, 2.75) is 53.9 Å². The summed E-state index contributed by atoms with van der Waals surface area (Å²) in [5.41, 5.74) is 5.28. The molecular formula is C22H26N4O2S. The predicted molar refractivity (Wildman–Crippen MR) is 116 cm³/mol. The molecule has 152 valence electrons. The quantitative estimate of drug-likeness (QED) is 0.553. The van der Waals surface area contributed by atoms with E-state index in [-0.39, 0.29) is 11.7 Å². The lowest BCUT2D eigenvalue weighted by atomic mass is 10.1. The van der Waals surface area contributed by atoms with Crippen LogP contribution in [0.5, 0.6) is 0 Å². The van der Waals surface area contributed by atoms with Crippen LogP contribution in [0.4, 0.5) is 5.69 Å². The fraction of sp³-hybridized carbons (Fsp3) is 0.364. The zero-order valence-electron chi connectivity index (χ0n) is 17.5. The number of hydrogen-bond acceptors (Lipinski definition) is 5. The second-order valence-corrected chi connectivity index (χ2v) is 8.14. The molecule has 2 aromatic heterocycles. The van der Waals surface area contributed by atoms with E-state index in [1.54, 1.807) is 24.3 Å². The Morgan fingerprint density at radius 2 is 1.79 bits per heavy atom. The minimum absolute atomic E-state index is 0.00554. The smallest absolute Gasteiger partial charge is 0.267 e. The Morgan fingerprint density at radius 1 is 1.10 bits per heavy atom. The Balaban J connectivity index is 1.83. The van der Waals surface area contributed by atoms with Gasteiger partial charge in [-0.2, -0.15) is 5.10 Å². The highest BCUT2D eigenvalue weighted by molar-refractivity contribution is 7.16. The van der Waals surface area contributed by atoms with Crippen LogP contribution < -0.4 is 5.32 Å². The van der Waals surface area contributed by atoms with Crippen LogP contribution in [-0.2, 0) is 6.42 Å². The van der Waals surface area contributed by atoms with Crippen molar-refractivity contribution >= 4 is 28.7 Å². The maximum absolute atomic E-state index is 12.8. The number of nitrogens with one attached hydrogen (secondary N) is 1. The minimum Gasteiger partial charge on any atom is -0.321 e. The lowest BCUT2D eigenvalue weighted by Gasteiger charge is -2.04. The summed E-state index contributed by atoms with van der Waals surface area (Å²) in [4.78, 5) is 29.3. The Kier molecular flexibility index (Phi) is 6.27. The van der Waals surface area contributed by atoms with Gasteiger partial charge in [-0.25, -0.2) is 9.67 Å². The number of aryl methyl sites for hydroxylation is 2. The highest BCUT2D eigenvalue weighted by Crippen LogP contribution is 2.26. The Bertz CT molecular complexity index is 1050. The lowest BCUT2D eigenvalue weighted by Crippen LogP contribution is -2.11. The monoisotopic (exact) mass is 410 g/mol. The summed E-state index contributed by atoms with van der Waals surface area (Å²) in [6.07, 6.45) is 3.26. The van der Waals surface area contributed by atoms with E-state index in [1.165, 1.54) is 23.8 Å². The van der Waals surface area contributed by atoms with Gasteiger partial charge in [0.2, 0.25) is 5.13 Å². The molecule has 0 saturated heterocycles. The van der Waals surface area contributed by atoms with Gasteiger partial charge in [-0.3, -0.25) is 9.59 Å². The highest BCUT2D eigenvalue weighted by atomic mass is 32.1. The van der Waals surface area contributed by atoms with Gasteiger partial charge in [0.05, 0.1) is 11.4 Å². The molecule has 2 heterocycles. The molecule has 29 heavy (non-hydrogen) atoms. The minimum atomic E-state index is -0.213. The standard InChI is InChI=1S/C22H26N4O2S/c1-6-7-8-19-13(2)25-26(15(19)4)22-23-14(3)20(29-22)21(28)24-18-11-9-17(10-12-18)16(5)27/h9-12H,6-8H2,1-5H3,(H,24,28). The number of rotatable bonds is 7. The van der Waals surface area contributed by atoms with E-state index in [2.05, 4.69) is 29.2 Å². The first-order valence-electron chi connectivity index (χ1n) is 9.77. The van der Waals surface area contributed by atoms with Gasteiger partial charge in [-0.15, -0.1) is 0 Å². The normalized spacial score (nSPS) is 10.9. The van der Waals surface area contributed by atoms with Crippen LogP contribution in [0.25, 0.3) is 5.13 Å². The number of ketones is 1. The van der Waals surface area contributed by atoms with Crippen molar-refractivity contribution in [2.24, 2.45) is 0 Å². The molecule has 3 rings (SSSR count). The summed E-state index contributed by atoms with van der Waals surface area (Å²) >= 11 is 1.33. The van der Waals surface area contributed by atoms with E-state index in [1.807, 2.05) is 18.5 Å². The molecule has 7 heteroatoms. The van der Waals surface area contributed by atoms with Gasteiger partial charge in [0.15, 0.2) is 5.78 Å². The SMILES string of the molecule is CCCCc1c(C)nn(-c2nc(C)c(C(=O)Nc3ccc(C(C)=O)cc3)s2)c1C. The predicted octanol–water partition coefficient (Wildman–Crippen LogP) is 5.05. The summed E-state index contributed by atoms with van der Waals surface area (Å²) in [6, 6.07) is 6.87. The lowest BCUT2D eigenvalue weighted by molar-refractivity contribution is 0.101. The molecule has 0 fully saturated rings. The number of hydrogen-bond donors (Lipinski definition) is 1. The maximum Gasteiger partial charge on any atom is 0.267 e. The molecule has 3 aromatic rings. The number of anilines is 1. The number of benzene rings is 1. The molecule has 0 spiro atoms. The van der Waals surface area contributed by atoms with Gasteiger partial charge in [-0.1, -0.05) is 24.7 Å². The van der Waals surface area contributed by atoms with E-state index in [9.17, 15) is 9.59 Å². The molecule has 0 atom stereocenters. The largest absolute Gasteiger partial charge is 0.321 e. The topological polar surface area (TPSA) is 76.9 Å². The van der Waals surface area contributed by atoms with Crippen molar-refractivity contribution in [3.8, 4) is 5.13 Å². The van der Waals surface area contributed by atoms with E-state index < -0.39 is 0 Å². The van der Waals surface area contributed by atoms with Crippen molar-refractivity contribution < 1.29 is 9.59 Å². The molecule has 0 aliphatic heterocycles. The van der Waals surface area contributed by atoms with Crippen LogP contribution in [-0.4, -0.2) is 26.5 Å². The van der Waals surface area contributed by atoms with Gasteiger partial charge in [-0.05, 0) is 70.4 Å². The number of carbonyl (C=O) groups is 2. The third kappa shape index (κ3) is 4.45. The van der Waals surface area contributed by atoms with Crippen molar-refractivity contribution in [3.63, 3.8) is 0 Å². The molecule has 6 nitrogen and oxygen atoms in total. The third-order valence-corrected chi connectivity index (χ3v) is 6.08. The summed E-state index contributed by atoms with van der Waals surface area (Å²) in [5, 5.41) is 8.23. The summed E-state index contributed by atoms with van der Waals surface area (Å²) in [7, 11) is 0. The fourth-order valence-electron chi connectivity index (χ4n) is 3.24. The van der Waals surface area contributed by atoms with Crippen LogP contribution in [0.15, 0.2) is 24.3 Å². The van der Waals surface area contributed by atoms with Crippen molar-refractivity contribution in [3.05, 3.63) is 57.4 Å². The maximum atomic E-state index is 12.8. The zero-order chi connectivity index (χ0) is 21.1. The van der Waals surface area contributed by atoms with Crippen molar-refractivity contribution in [2.75, 3.05) is 5.32 Å². The number of aromatic nitrogens is 3. The number of amides is 1. The number of nitrogens with zero attached hydrogens (tertiary/aromatic N) is 3. The van der Waals surface area contributed by atoms with Gasteiger partial charge >= 0.3 is 0 Å². The van der Waals surface area contributed by atoms with Crippen LogP contribution in [0.2, 0.25) is 0 Å². The summed E-state index contributed by atoms with van der Waals surface area (Å²) < 4.78 is 1.84. The van der Waals surface area contributed by atoms with E-state index in [0.717, 1.165) is 30.7 Å². The molecule has 0 aliphatic carbocycles. The number of thiazole rings is 1. The van der Waals surface area contributed by atoms with Gasteiger partial charge in [0, 0.05) is 16.9 Å². The van der Waals surface area contributed by atoms with Crippen LogP contribution in [0.3, 0.4) is 0 Å². The number of Topliss-reactive ketones (excluding diaryl/α,β-unsaturated/α-hetero) is 1. The third-order valence-electron chi connectivity index (χ3n) is 4.94. The zero-order valence-corrected chi connectivity index (χ0v) is 18.3. The first-order valence-corrected chi connectivity index (χ1v) is 10.6. The molecule has 0 saturated carbocycles. The van der Waals surface area contributed by atoms with E-state index in [4.69, 9.17) is 0 Å². The fourth-order valence-corrected chi connectivity index (χ4v) is 4.20. The van der Waals surface area contributed by atoms with Gasteiger partial charge in [0.1, 0.15) is 4.88 Å². The van der Waals surface area contributed by atoms with Crippen LogP contribution >= 0.6 is 11.3 Å². The van der Waals surface area contributed by atoms with Gasteiger partial charge < -0.3 is 5.32 Å². The Morgan fingerprint density at radius 3 is 2.41 bits per heavy atom. The second-order valence-electron chi connectivity index (χ2n) is 7.16. The Labute approximate surface area is 175 Å². The van der Waals surface area contributed by atoms with E-state index in [0.29, 0.717) is 27.0 Å². The molecule has 0 aliphatic rings. The average molecular weight is 411 g/mol. The number of unbranched alkanes of at least 4 members (excludes halogenated alkanes) is 1. The molecular weight excluding hydrogens is 384 g/mol. The molecule has 0 unspecified atom stereocenters. The Hall–Kier alpha value is -2.80. The molecule has 1 amide bonds. The average Bonchev–Trinajstić information content (AvgIpc) is 3.20. The highest BCUT2D eigenvalue weighted by Gasteiger charge is 2.20. The summed E-state index contributed by atoms with van der Waals surface area (Å²) in [6.45, 7) is 9.60. The second kappa shape index (κ2) is 8.69. The molecule has 0 bridgehead atoms. The van der Waals surface area contributed by atoms with E-state index >= 15 is 0 Å². The first-order chi connectivity index (χ1) is 13.8. The molecule has 1 aromatic carbocycles. The summed E-state index contributed by atoms with van der Waals surface area (Å²) in [5.74, 6) is -0.219. The number of carbonyl (C=O) groups excluding carboxylic acids is 2. The van der Waals surface area contributed by atoms with Crippen LogP contribution in [0.1, 0.15) is 69.4 Å². The van der Waals surface area contributed by atoms with Crippen molar-refractivity contribution in [1.82, 2.24) is 14.8 Å². The van der Waals surface area contributed by atoms with Crippen molar-refractivity contribution in [1.29, 1.82) is 0 Å². The first kappa shape index (κ1) is 20.9. The van der Waals surface area contributed by atoms with Gasteiger partial charge in [0.25, 0.3) is 5.91 Å². The molecule has 1 N–H and O–H groups in total.